The largest absolute Gasteiger partial charge is 0.361 e. The summed E-state index contributed by atoms with van der Waals surface area (Å²) in [5.74, 6) is 1.58. The van der Waals surface area contributed by atoms with E-state index in [2.05, 4.69) is 15.3 Å². The number of nitrogens with zero attached hydrogens (tertiary/aromatic N) is 4. The van der Waals surface area contributed by atoms with Crippen LogP contribution in [0, 0.1) is 6.92 Å². The molecule has 2 aromatic heterocycles. The smallest absolute Gasteiger partial charge is 0.227 e. The highest BCUT2D eigenvalue weighted by atomic mass is 35.5. The van der Waals surface area contributed by atoms with Gasteiger partial charge in [0, 0.05) is 36.5 Å². The Labute approximate surface area is 149 Å². The van der Waals surface area contributed by atoms with E-state index in [0.29, 0.717) is 29.7 Å². The second kappa shape index (κ2) is 7.48. The van der Waals surface area contributed by atoms with Crippen LogP contribution in [-0.2, 0) is 17.8 Å². The van der Waals surface area contributed by atoms with Gasteiger partial charge in [0.2, 0.25) is 17.6 Å². The Morgan fingerprint density at radius 2 is 1.96 bits per heavy atom. The first-order valence-electron chi connectivity index (χ1n) is 7.76. The second-order valence-corrected chi connectivity index (χ2v) is 6.13. The zero-order valence-electron chi connectivity index (χ0n) is 13.9. The van der Waals surface area contributed by atoms with E-state index in [9.17, 15) is 4.79 Å². The number of amides is 1. The standard InChI is InChI=1S/C17H17ClN4O3/c1-11-9-14(20-24-11)10-22(2)16(23)8-7-15-19-17(21-25-15)12-3-5-13(18)6-4-12/h3-6,9H,7-8,10H2,1-2H3. The number of halogens is 1. The molecular formula is C17H17ClN4O3. The van der Waals surface area contributed by atoms with Crippen molar-refractivity contribution in [3.05, 3.63) is 52.7 Å². The van der Waals surface area contributed by atoms with Gasteiger partial charge in [0.15, 0.2) is 0 Å². The quantitative estimate of drug-likeness (QED) is 0.670. The third-order valence-electron chi connectivity index (χ3n) is 3.62. The molecule has 0 unspecified atom stereocenters. The fraction of sp³-hybridized carbons (Fsp3) is 0.294. The summed E-state index contributed by atoms with van der Waals surface area (Å²) in [4.78, 5) is 18.1. The van der Waals surface area contributed by atoms with E-state index in [4.69, 9.17) is 20.6 Å². The maximum absolute atomic E-state index is 12.2. The Morgan fingerprint density at radius 1 is 1.20 bits per heavy atom. The Kier molecular flexibility index (Phi) is 5.14. The first kappa shape index (κ1) is 17.2. The third kappa shape index (κ3) is 4.45. The molecule has 0 saturated carbocycles. The fourth-order valence-corrected chi connectivity index (χ4v) is 2.43. The van der Waals surface area contributed by atoms with Gasteiger partial charge in [-0.3, -0.25) is 4.79 Å². The third-order valence-corrected chi connectivity index (χ3v) is 3.88. The van der Waals surface area contributed by atoms with E-state index in [1.165, 1.54) is 0 Å². The van der Waals surface area contributed by atoms with Crippen molar-refractivity contribution in [1.29, 1.82) is 0 Å². The average molecular weight is 361 g/mol. The average Bonchev–Trinajstić information content (AvgIpc) is 3.22. The number of benzene rings is 1. The lowest BCUT2D eigenvalue weighted by Crippen LogP contribution is -2.26. The lowest BCUT2D eigenvalue weighted by molar-refractivity contribution is -0.130. The zero-order chi connectivity index (χ0) is 17.8. The molecule has 8 heteroatoms. The van der Waals surface area contributed by atoms with Crippen molar-refractivity contribution in [3.63, 3.8) is 0 Å². The van der Waals surface area contributed by atoms with Crippen molar-refractivity contribution < 1.29 is 13.8 Å². The molecule has 0 aliphatic heterocycles. The molecule has 0 aliphatic rings. The van der Waals surface area contributed by atoms with Crippen molar-refractivity contribution in [2.75, 3.05) is 7.05 Å². The Bertz CT molecular complexity index is 857. The van der Waals surface area contributed by atoms with Crippen molar-refractivity contribution >= 4 is 17.5 Å². The molecule has 0 spiro atoms. The number of carbonyl (C=O) groups excluding carboxylic acids is 1. The molecule has 0 saturated heterocycles. The number of rotatable bonds is 6. The van der Waals surface area contributed by atoms with E-state index in [0.717, 1.165) is 17.0 Å². The molecule has 0 aliphatic carbocycles. The van der Waals surface area contributed by atoms with Gasteiger partial charge >= 0.3 is 0 Å². The number of hydrogen-bond acceptors (Lipinski definition) is 6. The number of aromatic nitrogens is 3. The maximum atomic E-state index is 12.2. The van der Waals surface area contributed by atoms with Gasteiger partial charge in [-0.05, 0) is 31.2 Å². The van der Waals surface area contributed by atoms with Crippen LogP contribution in [0.5, 0.6) is 0 Å². The van der Waals surface area contributed by atoms with Crippen LogP contribution in [0.15, 0.2) is 39.4 Å². The molecule has 0 radical (unpaired) electrons. The summed E-state index contributed by atoms with van der Waals surface area (Å²) < 4.78 is 10.2. The molecule has 3 aromatic rings. The van der Waals surface area contributed by atoms with Crippen LogP contribution in [0.2, 0.25) is 5.02 Å². The minimum Gasteiger partial charge on any atom is -0.361 e. The zero-order valence-corrected chi connectivity index (χ0v) is 14.7. The van der Waals surface area contributed by atoms with Gasteiger partial charge in [0.25, 0.3) is 0 Å². The van der Waals surface area contributed by atoms with Gasteiger partial charge in [-0.1, -0.05) is 21.9 Å². The fourth-order valence-electron chi connectivity index (χ4n) is 2.30. The summed E-state index contributed by atoms with van der Waals surface area (Å²) in [7, 11) is 1.72. The van der Waals surface area contributed by atoms with Crippen molar-refractivity contribution in [1.82, 2.24) is 20.2 Å². The molecule has 130 valence electrons. The highest BCUT2D eigenvalue weighted by Gasteiger charge is 2.14. The predicted molar refractivity (Wildman–Crippen MR) is 90.8 cm³/mol. The van der Waals surface area contributed by atoms with Crippen LogP contribution in [0.1, 0.15) is 23.8 Å². The molecular weight excluding hydrogens is 344 g/mol. The van der Waals surface area contributed by atoms with Crippen LogP contribution >= 0.6 is 11.6 Å². The summed E-state index contributed by atoms with van der Waals surface area (Å²) >= 11 is 5.86. The summed E-state index contributed by atoms with van der Waals surface area (Å²) in [5, 5.41) is 8.46. The van der Waals surface area contributed by atoms with E-state index in [-0.39, 0.29) is 12.3 Å². The molecule has 1 amide bonds. The van der Waals surface area contributed by atoms with Gasteiger partial charge in [-0.25, -0.2) is 0 Å². The summed E-state index contributed by atoms with van der Waals surface area (Å²) in [5.41, 5.74) is 1.53. The van der Waals surface area contributed by atoms with Crippen LogP contribution in [0.4, 0.5) is 0 Å². The van der Waals surface area contributed by atoms with Crippen LogP contribution in [0.25, 0.3) is 11.4 Å². The number of hydrogen-bond donors (Lipinski definition) is 0. The van der Waals surface area contributed by atoms with E-state index >= 15 is 0 Å². The molecule has 25 heavy (non-hydrogen) atoms. The van der Waals surface area contributed by atoms with E-state index in [1.807, 2.05) is 19.1 Å². The SMILES string of the molecule is Cc1cc(CN(C)C(=O)CCc2nc(-c3ccc(Cl)cc3)no2)no1. The maximum Gasteiger partial charge on any atom is 0.227 e. The van der Waals surface area contributed by atoms with Crippen molar-refractivity contribution in [3.8, 4) is 11.4 Å². The topological polar surface area (TPSA) is 85.3 Å². The molecule has 3 rings (SSSR count). The van der Waals surface area contributed by atoms with Gasteiger partial charge in [0.05, 0.1) is 6.54 Å². The van der Waals surface area contributed by atoms with Crippen LogP contribution < -0.4 is 0 Å². The monoisotopic (exact) mass is 360 g/mol. The van der Waals surface area contributed by atoms with Gasteiger partial charge < -0.3 is 13.9 Å². The van der Waals surface area contributed by atoms with E-state index in [1.54, 1.807) is 30.1 Å². The Balaban J connectivity index is 1.54. The van der Waals surface area contributed by atoms with Crippen LogP contribution in [0.3, 0.4) is 0 Å². The predicted octanol–water partition coefficient (Wildman–Crippen LogP) is 3.28. The first-order chi connectivity index (χ1) is 12.0. The Morgan fingerprint density at radius 3 is 2.64 bits per heavy atom. The van der Waals surface area contributed by atoms with Gasteiger partial charge in [-0.2, -0.15) is 4.98 Å². The van der Waals surface area contributed by atoms with E-state index < -0.39 is 0 Å². The minimum absolute atomic E-state index is 0.0353. The highest BCUT2D eigenvalue weighted by molar-refractivity contribution is 6.30. The first-order valence-corrected chi connectivity index (χ1v) is 8.14. The molecule has 1 aromatic carbocycles. The molecule has 2 heterocycles. The number of carbonyl (C=O) groups is 1. The minimum atomic E-state index is -0.0353. The lowest BCUT2D eigenvalue weighted by atomic mass is 10.2. The van der Waals surface area contributed by atoms with Gasteiger partial charge in [0.1, 0.15) is 11.5 Å². The molecule has 0 bridgehead atoms. The molecule has 7 nitrogen and oxygen atoms in total. The summed E-state index contributed by atoms with van der Waals surface area (Å²) in [6, 6.07) is 8.96. The molecule has 0 atom stereocenters. The lowest BCUT2D eigenvalue weighted by Gasteiger charge is -2.14. The summed E-state index contributed by atoms with van der Waals surface area (Å²) in [6.45, 7) is 2.21. The molecule has 0 fully saturated rings. The summed E-state index contributed by atoms with van der Waals surface area (Å²) in [6.07, 6.45) is 0.650. The Hall–Kier alpha value is -2.67. The van der Waals surface area contributed by atoms with Crippen molar-refractivity contribution in [2.24, 2.45) is 0 Å². The highest BCUT2D eigenvalue weighted by Crippen LogP contribution is 2.19. The van der Waals surface area contributed by atoms with Crippen LogP contribution in [-0.4, -0.2) is 33.2 Å². The number of aryl methyl sites for hydroxylation is 2. The van der Waals surface area contributed by atoms with Gasteiger partial charge in [-0.15, -0.1) is 0 Å². The van der Waals surface area contributed by atoms with Crippen molar-refractivity contribution in [2.45, 2.75) is 26.3 Å². The second-order valence-electron chi connectivity index (χ2n) is 5.70. The molecule has 0 N–H and O–H groups in total. The normalized spacial score (nSPS) is 10.8.